The van der Waals surface area contributed by atoms with Gasteiger partial charge >= 0.3 is 12.1 Å². The molecular weight excluding hydrogens is 413 g/mol. The number of halogens is 3. The number of esters is 1. The van der Waals surface area contributed by atoms with Gasteiger partial charge in [0.1, 0.15) is 0 Å². The molecule has 0 aliphatic carbocycles. The molecule has 9 heteroatoms. The topological polar surface area (TPSA) is 89.7 Å². The Morgan fingerprint density at radius 1 is 0.968 bits per heavy atom. The average Bonchev–Trinajstić information content (AvgIpc) is 2.77. The first kappa shape index (κ1) is 22.3. The molecule has 2 aromatic carbocycles. The Kier molecular flexibility index (Phi) is 6.62. The van der Waals surface area contributed by atoms with Gasteiger partial charge in [-0.05, 0) is 37.1 Å². The van der Waals surface area contributed by atoms with Crippen LogP contribution in [0.15, 0.2) is 54.6 Å². The maximum atomic E-state index is 12.7. The van der Waals surface area contributed by atoms with E-state index < -0.39 is 41.5 Å². The molecule has 1 atom stereocenters. The number of piperidine rings is 1. The first-order chi connectivity index (χ1) is 14.7. The number of nitrogens with zero attached hydrogens (tertiary/aromatic N) is 1. The van der Waals surface area contributed by atoms with E-state index in [2.05, 4.69) is 0 Å². The molecule has 31 heavy (non-hydrogen) atoms. The van der Waals surface area contributed by atoms with Crippen molar-refractivity contribution in [3.05, 3.63) is 71.3 Å². The van der Waals surface area contributed by atoms with Gasteiger partial charge in [0, 0.05) is 24.2 Å². The smallest absolute Gasteiger partial charge is 0.416 e. The van der Waals surface area contributed by atoms with E-state index in [9.17, 15) is 27.6 Å². The van der Waals surface area contributed by atoms with E-state index in [1.165, 1.54) is 4.90 Å². The van der Waals surface area contributed by atoms with Gasteiger partial charge < -0.3 is 15.4 Å². The number of hydrogen-bond acceptors (Lipinski definition) is 4. The Labute approximate surface area is 176 Å². The number of likely N-dealkylation sites (tertiary alicyclic amines) is 1. The molecule has 1 aliphatic rings. The molecule has 164 valence electrons. The van der Waals surface area contributed by atoms with Crippen LogP contribution in [0.1, 0.15) is 40.4 Å². The average molecular weight is 434 g/mol. The first-order valence-corrected chi connectivity index (χ1v) is 9.68. The van der Waals surface area contributed by atoms with Crippen LogP contribution in [0.5, 0.6) is 0 Å². The molecule has 3 rings (SSSR count). The summed E-state index contributed by atoms with van der Waals surface area (Å²) in [5.74, 6) is -2.27. The number of ether oxygens (including phenoxy) is 1. The fourth-order valence-electron chi connectivity index (χ4n) is 3.43. The van der Waals surface area contributed by atoms with Crippen LogP contribution in [0.2, 0.25) is 0 Å². The minimum absolute atomic E-state index is 0.145. The molecule has 1 fully saturated rings. The molecule has 1 heterocycles. The third-order valence-electron chi connectivity index (χ3n) is 5.17. The second-order valence-corrected chi connectivity index (χ2v) is 7.27. The van der Waals surface area contributed by atoms with Crippen molar-refractivity contribution >= 4 is 17.8 Å². The Bertz CT molecular complexity index is 937. The zero-order chi connectivity index (χ0) is 22.6. The number of nitrogens with two attached hydrogens (primary N) is 1. The lowest BCUT2D eigenvalue weighted by Crippen LogP contribution is -2.41. The second-order valence-electron chi connectivity index (χ2n) is 7.27. The van der Waals surface area contributed by atoms with Gasteiger partial charge in [0.2, 0.25) is 6.10 Å². The number of carbonyl (C=O) groups excluding carboxylic acids is 3. The summed E-state index contributed by atoms with van der Waals surface area (Å²) in [4.78, 5) is 38.3. The number of carbonyl (C=O) groups is 3. The predicted octanol–water partition coefficient (Wildman–Crippen LogP) is 3.33. The van der Waals surface area contributed by atoms with Gasteiger partial charge in [-0.15, -0.1) is 0 Å². The number of rotatable bonds is 5. The molecule has 6 nitrogen and oxygen atoms in total. The zero-order valence-corrected chi connectivity index (χ0v) is 16.5. The third-order valence-corrected chi connectivity index (χ3v) is 5.17. The standard InChI is InChI=1S/C22H21F3N2O4/c23-22(24,25)17-8-6-15(7-9-17)20(29)27-12-10-16(11-13-27)21(30)31-18(19(26)28)14-4-2-1-3-5-14/h1-9,16,18H,10-13H2,(H2,26,28). The minimum atomic E-state index is -4.47. The van der Waals surface area contributed by atoms with Gasteiger partial charge in [-0.3, -0.25) is 14.4 Å². The molecule has 0 bridgehead atoms. The molecule has 2 N–H and O–H groups in total. The number of amides is 2. The summed E-state index contributed by atoms with van der Waals surface area (Å²) in [5, 5.41) is 0. The molecule has 0 aromatic heterocycles. The van der Waals surface area contributed by atoms with E-state index in [4.69, 9.17) is 10.5 Å². The normalized spacial score (nSPS) is 15.9. The van der Waals surface area contributed by atoms with E-state index in [-0.39, 0.29) is 18.7 Å². The van der Waals surface area contributed by atoms with E-state index in [0.29, 0.717) is 18.4 Å². The fraction of sp³-hybridized carbons (Fsp3) is 0.318. The van der Waals surface area contributed by atoms with Crippen molar-refractivity contribution in [1.29, 1.82) is 0 Å². The molecule has 2 aromatic rings. The largest absolute Gasteiger partial charge is 0.447 e. The molecule has 1 unspecified atom stereocenters. The fourth-order valence-corrected chi connectivity index (χ4v) is 3.43. The van der Waals surface area contributed by atoms with Gasteiger partial charge in [-0.1, -0.05) is 30.3 Å². The number of benzene rings is 2. The Morgan fingerprint density at radius 2 is 1.55 bits per heavy atom. The summed E-state index contributed by atoms with van der Waals surface area (Å²) in [5.41, 5.74) is 5.16. The summed E-state index contributed by atoms with van der Waals surface area (Å²) in [6, 6.07) is 12.4. The van der Waals surface area contributed by atoms with E-state index in [1.54, 1.807) is 30.3 Å². The van der Waals surface area contributed by atoms with Crippen molar-refractivity contribution in [1.82, 2.24) is 4.90 Å². The lowest BCUT2D eigenvalue weighted by Gasteiger charge is -2.31. The van der Waals surface area contributed by atoms with Gasteiger partial charge in [0.25, 0.3) is 11.8 Å². The van der Waals surface area contributed by atoms with Crippen molar-refractivity contribution in [3.8, 4) is 0 Å². The molecular formula is C22H21F3N2O4. The SMILES string of the molecule is NC(=O)C(OC(=O)C1CCN(C(=O)c2ccc(C(F)(F)F)cc2)CC1)c1ccccc1. The second kappa shape index (κ2) is 9.20. The van der Waals surface area contributed by atoms with Crippen LogP contribution in [-0.2, 0) is 20.5 Å². The predicted molar refractivity (Wildman–Crippen MR) is 105 cm³/mol. The van der Waals surface area contributed by atoms with Crippen LogP contribution < -0.4 is 5.73 Å². The summed E-state index contributed by atoms with van der Waals surface area (Å²) >= 11 is 0. The van der Waals surface area contributed by atoms with Crippen LogP contribution in [0.25, 0.3) is 0 Å². The monoisotopic (exact) mass is 434 g/mol. The van der Waals surface area contributed by atoms with Crippen molar-refractivity contribution < 1.29 is 32.3 Å². The van der Waals surface area contributed by atoms with Crippen molar-refractivity contribution in [2.75, 3.05) is 13.1 Å². The molecule has 0 saturated carbocycles. The van der Waals surface area contributed by atoms with Gasteiger partial charge in [-0.25, -0.2) is 0 Å². The van der Waals surface area contributed by atoms with Gasteiger partial charge in [0.05, 0.1) is 11.5 Å². The minimum Gasteiger partial charge on any atom is -0.447 e. The molecule has 1 aliphatic heterocycles. The maximum absolute atomic E-state index is 12.7. The highest BCUT2D eigenvalue weighted by Crippen LogP contribution is 2.30. The Hall–Kier alpha value is -3.36. The van der Waals surface area contributed by atoms with Crippen molar-refractivity contribution in [2.24, 2.45) is 11.7 Å². The van der Waals surface area contributed by atoms with Gasteiger partial charge in [-0.2, -0.15) is 13.2 Å². The number of alkyl halides is 3. The van der Waals surface area contributed by atoms with E-state index in [1.807, 2.05) is 0 Å². The zero-order valence-electron chi connectivity index (χ0n) is 16.5. The molecule has 0 radical (unpaired) electrons. The Balaban J connectivity index is 1.58. The van der Waals surface area contributed by atoms with Crippen LogP contribution in [0, 0.1) is 5.92 Å². The summed E-state index contributed by atoms with van der Waals surface area (Å²) in [6.45, 7) is 0.485. The van der Waals surface area contributed by atoms with Gasteiger partial charge in [0.15, 0.2) is 0 Å². The lowest BCUT2D eigenvalue weighted by molar-refractivity contribution is -0.160. The lowest BCUT2D eigenvalue weighted by atomic mass is 9.96. The molecule has 1 saturated heterocycles. The molecule has 0 spiro atoms. The van der Waals surface area contributed by atoms with Crippen LogP contribution in [0.3, 0.4) is 0 Å². The third kappa shape index (κ3) is 5.42. The summed E-state index contributed by atoms with van der Waals surface area (Å²) in [7, 11) is 0. The van der Waals surface area contributed by atoms with Crippen LogP contribution >= 0.6 is 0 Å². The first-order valence-electron chi connectivity index (χ1n) is 9.68. The number of primary amides is 1. The van der Waals surface area contributed by atoms with E-state index >= 15 is 0 Å². The highest BCUT2D eigenvalue weighted by atomic mass is 19.4. The highest BCUT2D eigenvalue weighted by molar-refractivity contribution is 5.94. The van der Waals surface area contributed by atoms with Crippen LogP contribution in [0.4, 0.5) is 13.2 Å². The highest BCUT2D eigenvalue weighted by Gasteiger charge is 2.33. The van der Waals surface area contributed by atoms with E-state index in [0.717, 1.165) is 24.3 Å². The Morgan fingerprint density at radius 3 is 2.06 bits per heavy atom. The van der Waals surface area contributed by atoms with Crippen LogP contribution in [-0.4, -0.2) is 35.8 Å². The van der Waals surface area contributed by atoms with Crippen molar-refractivity contribution in [2.45, 2.75) is 25.1 Å². The number of hydrogen-bond donors (Lipinski definition) is 1. The van der Waals surface area contributed by atoms with Crippen molar-refractivity contribution in [3.63, 3.8) is 0 Å². The summed E-state index contributed by atoms with van der Waals surface area (Å²) in [6.07, 6.45) is -5.04. The quantitative estimate of drug-likeness (QED) is 0.731. The summed E-state index contributed by atoms with van der Waals surface area (Å²) < 4.78 is 43.4. The molecule has 2 amide bonds. The maximum Gasteiger partial charge on any atom is 0.416 e.